The monoisotopic (exact) mass is 346 g/mol. The second-order valence-electron chi connectivity index (χ2n) is 4.71. The lowest BCUT2D eigenvalue weighted by Gasteiger charge is -2.07. The third kappa shape index (κ3) is 4.53. The van der Waals surface area contributed by atoms with Crippen LogP contribution >= 0.6 is 15.9 Å². The van der Waals surface area contributed by atoms with E-state index in [1.54, 1.807) is 25.1 Å². The van der Waals surface area contributed by atoms with Gasteiger partial charge >= 0.3 is 0 Å². The first-order valence-electron chi connectivity index (χ1n) is 6.55. The Morgan fingerprint density at radius 1 is 1.05 bits per heavy atom. The minimum absolute atomic E-state index is 0.0192. The van der Waals surface area contributed by atoms with Gasteiger partial charge in [-0.2, -0.15) is 0 Å². The van der Waals surface area contributed by atoms with Gasteiger partial charge in [-0.25, -0.2) is 0 Å². The number of benzene rings is 2. The van der Waals surface area contributed by atoms with Crippen molar-refractivity contribution in [3.05, 3.63) is 64.1 Å². The van der Waals surface area contributed by atoms with Gasteiger partial charge < -0.3 is 4.74 Å². The van der Waals surface area contributed by atoms with Crippen molar-refractivity contribution in [2.45, 2.75) is 13.3 Å². The summed E-state index contributed by atoms with van der Waals surface area (Å²) in [6.45, 7) is 1.54. The normalized spacial score (nSPS) is 10.2. The van der Waals surface area contributed by atoms with Crippen LogP contribution in [0.1, 0.15) is 22.8 Å². The van der Waals surface area contributed by atoms with Crippen LogP contribution in [0, 0.1) is 0 Å². The van der Waals surface area contributed by atoms with Crippen molar-refractivity contribution in [3.8, 4) is 5.75 Å². The number of Topliss-reactive ketones (excluding diaryl/α,β-unsaturated/α-hetero) is 2. The summed E-state index contributed by atoms with van der Waals surface area (Å²) in [6.07, 6.45) is 0.413. The predicted molar refractivity (Wildman–Crippen MR) is 84.8 cm³/mol. The molecule has 0 N–H and O–H groups in total. The Balaban J connectivity index is 1.95. The molecule has 4 heteroatoms. The largest absolute Gasteiger partial charge is 0.485 e. The molecule has 0 radical (unpaired) electrons. The van der Waals surface area contributed by atoms with E-state index in [-0.39, 0.29) is 18.2 Å². The zero-order valence-corrected chi connectivity index (χ0v) is 13.2. The molecule has 0 aliphatic carbocycles. The maximum atomic E-state index is 12.1. The number of carbonyl (C=O) groups is 2. The number of hydrogen-bond donors (Lipinski definition) is 0. The predicted octanol–water partition coefficient (Wildman–Crippen LogP) is 3.84. The molecule has 0 amide bonds. The van der Waals surface area contributed by atoms with Crippen molar-refractivity contribution in [2.75, 3.05) is 6.61 Å². The van der Waals surface area contributed by atoms with Gasteiger partial charge in [0.15, 0.2) is 6.61 Å². The van der Waals surface area contributed by atoms with Gasteiger partial charge in [0.05, 0.1) is 0 Å². The van der Waals surface area contributed by atoms with E-state index in [1.807, 2.05) is 30.3 Å². The lowest BCUT2D eigenvalue weighted by Crippen LogP contribution is -2.12. The third-order valence-corrected chi connectivity index (χ3v) is 3.61. The zero-order valence-electron chi connectivity index (χ0n) is 11.6. The van der Waals surface area contributed by atoms with E-state index in [2.05, 4.69) is 15.9 Å². The van der Waals surface area contributed by atoms with E-state index in [1.165, 1.54) is 0 Å². The Kier molecular flexibility index (Phi) is 5.28. The van der Waals surface area contributed by atoms with E-state index in [4.69, 9.17) is 4.74 Å². The summed E-state index contributed by atoms with van der Waals surface area (Å²) >= 11 is 3.35. The molecule has 2 rings (SSSR count). The van der Waals surface area contributed by atoms with Crippen molar-refractivity contribution in [3.63, 3.8) is 0 Å². The van der Waals surface area contributed by atoms with E-state index in [0.29, 0.717) is 17.7 Å². The molecule has 0 atom stereocenters. The molecule has 0 saturated carbocycles. The summed E-state index contributed by atoms with van der Waals surface area (Å²) in [4.78, 5) is 23.1. The van der Waals surface area contributed by atoms with Gasteiger partial charge in [0.1, 0.15) is 11.5 Å². The quantitative estimate of drug-likeness (QED) is 0.746. The molecule has 0 aromatic heterocycles. The van der Waals surface area contributed by atoms with Crippen molar-refractivity contribution >= 4 is 27.5 Å². The molecule has 0 saturated heterocycles. The smallest absolute Gasteiger partial charge is 0.201 e. The second kappa shape index (κ2) is 7.18. The van der Waals surface area contributed by atoms with E-state index >= 15 is 0 Å². The van der Waals surface area contributed by atoms with Crippen LogP contribution in [-0.2, 0) is 11.2 Å². The van der Waals surface area contributed by atoms with Crippen LogP contribution in [0.25, 0.3) is 0 Å². The topological polar surface area (TPSA) is 43.4 Å². The number of ketones is 2. The van der Waals surface area contributed by atoms with Crippen LogP contribution in [-0.4, -0.2) is 18.2 Å². The number of ether oxygens (including phenoxy) is 1. The van der Waals surface area contributed by atoms with Gasteiger partial charge in [0.25, 0.3) is 0 Å². The van der Waals surface area contributed by atoms with E-state index < -0.39 is 0 Å². The molecule has 21 heavy (non-hydrogen) atoms. The maximum Gasteiger partial charge on any atom is 0.201 e. The summed E-state index contributed by atoms with van der Waals surface area (Å²) in [7, 11) is 0. The molecular weight excluding hydrogens is 332 g/mol. The maximum absolute atomic E-state index is 12.1. The zero-order chi connectivity index (χ0) is 15.2. The fourth-order valence-electron chi connectivity index (χ4n) is 1.90. The molecule has 2 aromatic carbocycles. The molecule has 0 aliphatic heterocycles. The van der Waals surface area contributed by atoms with Crippen LogP contribution < -0.4 is 4.74 Å². The highest BCUT2D eigenvalue weighted by atomic mass is 79.9. The lowest BCUT2D eigenvalue weighted by molar-refractivity contribution is -0.116. The molecule has 108 valence electrons. The van der Waals surface area contributed by atoms with Crippen molar-refractivity contribution in [1.82, 2.24) is 0 Å². The number of carbonyl (C=O) groups excluding carboxylic acids is 2. The SMILES string of the molecule is CC(=O)Cc1ccc(OCC(=O)c2ccccc2Br)cc1. The fourth-order valence-corrected chi connectivity index (χ4v) is 2.41. The third-order valence-electron chi connectivity index (χ3n) is 2.92. The Hall–Kier alpha value is -1.94. The standard InChI is InChI=1S/C17H15BrO3/c1-12(19)10-13-6-8-14(9-7-13)21-11-17(20)15-4-2-3-5-16(15)18/h2-9H,10-11H2,1H3. The van der Waals surface area contributed by atoms with Crippen molar-refractivity contribution in [2.24, 2.45) is 0 Å². The molecule has 0 fully saturated rings. The minimum atomic E-state index is -0.0877. The minimum Gasteiger partial charge on any atom is -0.485 e. The average molecular weight is 347 g/mol. The first-order valence-corrected chi connectivity index (χ1v) is 7.34. The summed E-state index contributed by atoms with van der Waals surface area (Å²) < 4.78 is 6.24. The van der Waals surface area contributed by atoms with Crippen molar-refractivity contribution < 1.29 is 14.3 Å². The van der Waals surface area contributed by atoms with Crippen molar-refractivity contribution in [1.29, 1.82) is 0 Å². The molecule has 0 heterocycles. The first-order chi connectivity index (χ1) is 10.1. The highest BCUT2D eigenvalue weighted by molar-refractivity contribution is 9.10. The Bertz CT molecular complexity index is 647. The van der Waals surface area contributed by atoms with Crippen LogP contribution in [0.15, 0.2) is 53.0 Å². The number of rotatable bonds is 6. The molecule has 0 bridgehead atoms. The summed E-state index contributed by atoms with van der Waals surface area (Å²) in [6, 6.07) is 14.5. The summed E-state index contributed by atoms with van der Waals surface area (Å²) in [5.41, 5.74) is 1.54. The van der Waals surface area contributed by atoms with Gasteiger partial charge in [0.2, 0.25) is 5.78 Å². The fraction of sp³-hybridized carbons (Fsp3) is 0.176. The van der Waals surface area contributed by atoms with Crippen LogP contribution in [0.3, 0.4) is 0 Å². The van der Waals surface area contributed by atoms with Gasteiger partial charge in [-0.3, -0.25) is 9.59 Å². The number of hydrogen-bond acceptors (Lipinski definition) is 3. The van der Waals surface area contributed by atoms with E-state index in [0.717, 1.165) is 10.0 Å². The second-order valence-corrected chi connectivity index (χ2v) is 5.57. The van der Waals surface area contributed by atoms with Gasteiger partial charge in [-0.1, -0.05) is 46.3 Å². The highest BCUT2D eigenvalue weighted by Gasteiger charge is 2.10. The first kappa shape index (κ1) is 15.4. The van der Waals surface area contributed by atoms with Crippen LogP contribution in [0.4, 0.5) is 0 Å². The van der Waals surface area contributed by atoms with Gasteiger partial charge in [0, 0.05) is 16.5 Å². The van der Waals surface area contributed by atoms with Gasteiger partial charge in [-0.15, -0.1) is 0 Å². The average Bonchev–Trinajstić information content (AvgIpc) is 2.46. The molecule has 3 nitrogen and oxygen atoms in total. The van der Waals surface area contributed by atoms with Crippen LogP contribution in [0.5, 0.6) is 5.75 Å². The Morgan fingerprint density at radius 2 is 1.71 bits per heavy atom. The summed E-state index contributed by atoms with van der Waals surface area (Å²) in [5.74, 6) is 0.644. The Labute approximate surface area is 132 Å². The Morgan fingerprint density at radius 3 is 2.33 bits per heavy atom. The molecule has 0 aliphatic rings. The summed E-state index contributed by atoms with van der Waals surface area (Å²) in [5, 5.41) is 0. The molecule has 2 aromatic rings. The van der Waals surface area contributed by atoms with Crippen LogP contribution in [0.2, 0.25) is 0 Å². The van der Waals surface area contributed by atoms with E-state index in [9.17, 15) is 9.59 Å². The number of halogens is 1. The molecule has 0 unspecified atom stereocenters. The van der Waals surface area contributed by atoms with Gasteiger partial charge in [-0.05, 0) is 30.7 Å². The molecule has 0 spiro atoms. The molecular formula is C17H15BrO3. The highest BCUT2D eigenvalue weighted by Crippen LogP contribution is 2.18. The lowest BCUT2D eigenvalue weighted by atomic mass is 10.1.